The van der Waals surface area contributed by atoms with E-state index >= 15 is 0 Å². The predicted molar refractivity (Wildman–Crippen MR) is 85.9 cm³/mol. The van der Waals surface area contributed by atoms with Gasteiger partial charge in [-0.25, -0.2) is 0 Å². The number of hydrogen-bond donors (Lipinski definition) is 0. The highest BCUT2D eigenvalue weighted by molar-refractivity contribution is 5.76. The quantitative estimate of drug-likeness (QED) is 0.602. The molecule has 0 aromatic heterocycles. The molecule has 0 bridgehead atoms. The van der Waals surface area contributed by atoms with Crippen LogP contribution in [0.1, 0.15) is 71.6 Å². The highest BCUT2D eigenvalue weighted by atomic mass is 16.2. The van der Waals surface area contributed by atoms with Crippen molar-refractivity contribution < 1.29 is 4.79 Å². The number of rotatable bonds is 9. The van der Waals surface area contributed by atoms with Gasteiger partial charge in [0.2, 0.25) is 5.91 Å². The highest BCUT2D eigenvalue weighted by Gasteiger charge is 2.25. The molecule has 3 nitrogen and oxygen atoms in total. The van der Waals surface area contributed by atoms with Crippen molar-refractivity contribution in [2.75, 3.05) is 26.7 Å². The van der Waals surface area contributed by atoms with Crippen molar-refractivity contribution in [1.29, 1.82) is 0 Å². The number of piperazine rings is 1. The summed E-state index contributed by atoms with van der Waals surface area (Å²) in [5.41, 5.74) is 0. The molecule has 0 N–H and O–H groups in total. The van der Waals surface area contributed by atoms with Crippen LogP contribution >= 0.6 is 0 Å². The van der Waals surface area contributed by atoms with Gasteiger partial charge in [-0.2, -0.15) is 0 Å². The van der Waals surface area contributed by atoms with Gasteiger partial charge in [-0.3, -0.25) is 9.69 Å². The summed E-state index contributed by atoms with van der Waals surface area (Å²) in [5.74, 6) is 0.380. The Morgan fingerprint density at radius 3 is 2.30 bits per heavy atom. The van der Waals surface area contributed by atoms with E-state index in [9.17, 15) is 4.79 Å². The zero-order valence-electron chi connectivity index (χ0n) is 13.9. The van der Waals surface area contributed by atoms with E-state index in [0.717, 1.165) is 38.9 Å². The molecule has 1 aliphatic heterocycles. The smallest absolute Gasteiger partial charge is 0.222 e. The Morgan fingerprint density at radius 2 is 1.65 bits per heavy atom. The van der Waals surface area contributed by atoms with Crippen LogP contribution in [0.2, 0.25) is 0 Å². The molecule has 0 aromatic rings. The molecular formula is C17H34N2O. The van der Waals surface area contributed by atoms with Crippen LogP contribution in [-0.4, -0.2) is 48.4 Å². The van der Waals surface area contributed by atoms with Crippen molar-refractivity contribution in [3.63, 3.8) is 0 Å². The normalized spacial score (nSPS) is 20.4. The third kappa shape index (κ3) is 6.25. The molecule has 1 fully saturated rings. The molecule has 0 saturated carbocycles. The van der Waals surface area contributed by atoms with Crippen molar-refractivity contribution in [3.05, 3.63) is 0 Å². The summed E-state index contributed by atoms with van der Waals surface area (Å²) in [4.78, 5) is 16.7. The third-order valence-corrected chi connectivity index (χ3v) is 4.60. The van der Waals surface area contributed by atoms with Gasteiger partial charge < -0.3 is 4.90 Å². The number of carbonyl (C=O) groups excluding carboxylic acids is 1. The van der Waals surface area contributed by atoms with Gasteiger partial charge in [0.1, 0.15) is 0 Å². The lowest BCUT2D eigenvalue weighted by Gasteiger charge is -2.39. The average molecular weight is 282 g/mol. The van der Waals surface area contributed by atoms with E-state index in [1.54, 1.807) is 0 Å². The van der Waals surface area contributed by atoms with E-state index in [0.29, 0.717) is 11.9 Å². The molecule has 1 unspecified atom stereocenters. The lowest BCUT2D eigenvalue weighted by molar-refractivity contribution is -0.134. The topological polar surface area (TPSA) is 23.6 Å². The summed E-state index contributed by atoms with van der Waals surface area (Å²) in [6.45, 7) is 7.34. The molecule has 0 aliphatic carbocycles. The van der Waals surface area contributed by atoms with E-state index in [-0.39, 0.29) is 0 Å². The second kappa shape index (κ2) is 10.2. The fourth-order valence-corrected chi connectivity index (χ4v) is 3.00. The highest BCUT2D eigenvalue weighted by Crippen LogP contribution is 2.14. The zero-order valence-corrected chi connectivity index (χ0v) is 13.9. The first kappa shape index (κ1) is 17.5. The molecule has 1 heterocycles. The molecule has 0 aromatic carbocycles. The lowest BCUT2D eigenvalue weighted by Crippen LogP contribution is -2.52. The van der Waals surface area contributed by atoms with Crippen LogP contribution in [0.15, 0.2) is 0 Å². The molecule has 20 heavy (non-hydrogen) atoms. The second-order valence-electron chi connectivity index (χ2n) is 6.25. The van der Waals surface area contributed by atoms with Crippen LogP contribution in [0.4, 0.5) is 0 Å². The Balaban J connectivity index is 2.10. The number of nitrogens with zero attached hydrogens (tertiary/aromatic N) is 2. The van der Waals surface area contributed by atoms with Gasteiger partial charge in [0.15, 0.2) is 0 Å². The Morgan fingerprint density at radius 1 is 1.00 bits per heavy atom. The number of unbranched alkanes of at least 4 members (excludes halogenated alkanes) is 6. The minimum absolute atomic E-state index is 0.380. The van der Waals surface area contributed by atoms with Crippen molar-refractivity contribution in [2.24, 2.45) is 0 Å². The summed E-state index contributed by atoms with van der Waals surface area (Å²) < 4.78 is 0. The molecule has 1 aliphatic rings. The maximum absolute atomic E-state index is 12.2. The van der Waals surface area contributed by atoms with E-state index in [1.165, 1.54) is 38.5 Å². The van der Waals surface area contributed by atoms with Crippen molar-refractivity contribution in [3.8, 4) is 0 Å². The minimum atomic E-state index is 0.380. The molecule has 0 radical (unpaired) electrons. The molecule has 1 rings (SSSR count). The zero-order chi connectivity index (χ0) is 14.8. The van der Waals surface area contributed by atoms with Gasteiger partial charge in [-0.1, -0.05) is 52.4 Å². The van der Waals surface area contributed by atoms with Crippen LogP contribution in [0.3, 0.4) is 0 Å². The maximum Gasteiger partial charge on any atom is 0.222 e. The Bertz CT molecular complexity index is 268. The predicted octanol–water partition coefficient (Wildman–Crippen LogP) is 3.68. The molecule has 3 heteroatoms. The molecule has 118 valence electrons. The van der Waals surface area contributed by atoms with E-state index in [2.05, 4.69) is 30.7 Å². The number of amides is 1. The van der Waals surface area contributed by atoms with Gasteiger partial charge in [0.05, 0.1) is 0 Å². The van der Waals surface area contributed by atoms with Gasteiger partial charge in [-0.05, 0) is 19.9 Å². The Kier molecular flexibility index (Phi) is 8.92. The lowest BCUT2D eigenvalue weighted by atomic mass is 10.1. The Hall–Kier alpha value is -0.570. The summed E-state index contributed by atoms with van der Waals surface area (Å²) >= 11 is 0. The van der Waals surface area contributed by atoms with Crippen LogP contribution in [-0.2, 0) is 4.79 Å². The third-order valence-electron chi connectivity index (χ3n) is 4.60. The fourth-order valence-electron chi connectivity index (χ4n) is 3.00. The summed E-state index contributed by atoms with van der Waals surface area (Å²) in [7, 11) is 2.17. The van der Waals surface area contributed by atoms with Gasteiger partial charge >= 0.3 is 0 Å². The minimum Gasteiger partial charge on any atom is -0.340 e. The first-order valence-electron chi connectivity index (χ1n) is 8.67. The molecule has 0 spiro atoms. The monoisotopic (exact) mass is 282 g/mol. The summed E-state index contributed by atoms with van der Waals surface area (Å²) in [5, 5.41) is 0. The second-order valence-corrected chi connectivity index (χ2v) is 6.25. The molecular weight excluding hydrogens is 248 g/mol. The summed E-state index contributed by atoms with van der Waals surface area (Å²) in [6, 6.07) is 0.557. The van der Waals surface area contributed by atoms with Gasteiger partial charge in [0, 0.05) is 32.1 Å². The first-order chi connectivity index (χ1) is 9.69. The molecule has 1 amide bonds. The van der Waals surface area contributed by atoms with E-state index in [4.69, 9.17) is 0 Å². The standard InChI is InChI=1S/C17H34N2O/c1-4-6-7-8-9-10-11-12-17(20)19-14-13-18(3)16(5-2)15-19/h16H,4-15H2,1-3H3. The van der Waals surface area contributed by atoms with Crippen LogP contribution in [0.25, 0.3) is 0 Å². The largest absolute Gasteiger partial charge is 0.340 e. The summed E-state index contributed by atoms with van der Waals surface area (Å²) in [6.07, 6.45) is 10.9. The van der Waals surface area contributed by atoms with Crippen LogP contribution < -0.4 is 0 Å². The van der Waals surface area contributed by atoms with Gasteiger partial charge in [-0.15, -0.1) is 0 Å². The number of hydrogen-bond acceptors (Lipinski definition) is 2. The Labute approximate surface area is 125 Å². The van der Waals surface area contributed by atoms with Crippen LogP contribution in [0.5, 0.6) is 0 Å². The van der Waals surface area contributed by atoms with Crippen molar-refractivity contribution in [1.82, 2.24) is 9.80 Å². The molecule has 1 saturated heterocycles. The van der Waals surface area contributed by atoms with Crippen LogP contribution in [0, 0.1) is 0 Å². The molecule has 1 atom stereocenters. The SMILES string of the molecule is CCCCCCCCCC(=O)N1CCN(C)C(CC)C1. The van der Waals surface area contributed by atoms with E-state index < -0.39 is 0 Å². The van der Waals surface area contributed by atoms with Crippen molar-refractivity contribution >= 4 is 5.91 Å². The fraction of sp³-hybridized carbons (Fsp3) is 0.941. The van der Waals surface area contributed by atoms with E-state index in [1.807, 2.05) is 0 Å². The van der Waals surface area contributed by atoms with Gasteiger partial charge in [0.25, 0.3) is 0 Å². The van der Waals surface area contributed by atoms with Crippen molar-refractivity contribution in [2.45, 2.75) is 77.7 Å². The maximum atomic E-state index is 12.2. The average Bonchev–Trinajstić information content (AvgIpc) is 2.46. The first-order valence-corrected chi connectivity index (χ1v) is 8.67. The number of carbonyl (C=O) groups is 1. The number of likely N-dealkylation sites (N-methyl/N-ethyl adjacent to an activating group) is 1.